The van der Waals surface area contributed by atoms with Crippen molar-refractivity contribution in [3.05, 3.63) is 42.1 Å². The van der Waals surface area contributed by atoms with E-state index in [-0.39, 0.29) is 11.5 Å². The van der Waals surface area contributed by atoms with Crippen LogP contribution in [0, 0.1) is 0 Å². The number of ether oxygens (including phenoxy) is 1. The molecule has 0 unspecified atom stereocenters. The van der Waals surface area contributed by atoms with E-state index in [2.05, 4.69) is 6.58 Å². The van der Waals surface area contributed by atoms with Gasteiger partial charge in [0.2, 0.25) is 5.78 Å². The Labute approximate surface area is 88.1 Å². The number of carbonyl (C=O) groups excluding carboxylic acids is 1. The maximum absolute atomic E-state index is 11.5. The number of benzene rings is 1. The first-order valence-electron chi connectivity index (χ1n) is 4.55. The molecule has 15 heavy (non-hydrogen) atoms. The molecule has 0 radical (unpaired) electrons. The van der Waals surface area contributed by atoms with Crippen molar-refractivity contribution in [3.63, 3.8) is 0 Å². The fraction of sp³-hybridized carbons (Fsp3) is 0.182. The summed E-state index contributed by atoms with van der Waals surface area (Å²) in [4.78, 5) is 11.5. The third kappa shape index (κ3) is 2.82. The first-order valence-corrected chi connectivity index (χ1v) is 4.55. The van der Waals surface area contributed by atoms with Gasteiger partial charge < -0.3 is 4.74 Å². The minimum absolute atomic E-state index is 0.0563. The third-order valence-electron chi connectivity index (χ3n) is 1.84. The van der Waals surface area contributed by atoms with Crippen LogP contribution in [0.2, 0.25) is 0 Å². The molecule has 0 spiro atoms. The zero-order valence-electron chi connectivity index (χ0n) is 8.49. The first-order chi connectivity index (χ1) is 7.19. The van der Waals surface area contributed by atoms with Gasteiger partial charge >= 0.3 is 0 Å². The molecular weight excluding hydrogens is 194 g/mol. The van der Waals surface area contributed by atoms with Gasteiger partial charge in [0.25, 0.3) is 0 Å². The van der Waals surface area contributed by atoms with Gasteiger partial charge in [-0.05, 0) is 31.2 Å². The Hall–Kier alpha value is -1.81. The molecule has 0 atom stereocenters. The lowest BCUT2D eigenvalue weighted by molar-refractivity contribution is 0.0977. The molecule has 0 fully saturated rings. The SMILES string of the molecule is C=C(NO)C(=O)c1ccc(OCC)cc1. The Morgan fingerprint density at radius 2 is 2.07 bits per heavy atom. The summed E-state index contributed by atoms with van der Waals surface area (Å²) in [5, 5.41) is 8.51. The average molecular weight is 207 g/mol. The van der Waals surface area contributed by atoms with E-state index in [1.54, 1.807) is 29.7 Å². The Bertz CT molecular complexity index is 357. The standard InChI is InChI=1S/C11H13NO3/c1-3-15-10-6-4-9(5-7-10)11(13)8(2)12-14/h4-7,12,14H,2-3H2,1H3. The van der Waals surface area contributed by atoms with Crippen molar-refractivity contribution in [3.8, 4) is 5.75 Å². The van der Waals surface area contributed by atoms with Crippen molar-refractivity contribution in [1.82, 2.24) is 5.48 Å². The minimum Gasteiger partial charge on any atom is -0.494 e. The molecule has 0 heterocycles. The van der Waals surface area contributed by atoms with Crippen LogP contribution >= 0.6 is 0 Å². The summed E-state index contributed by atoms with van der Waals surface area (Å²) < 4.78 is 5.23. The lowest BCUT2D eigenvalue weighted by atomic mass is 10.1. The van der Waals surface area contributed by atoms with Gasteiger partial charge in [0.05, 0.1) is 6.61 Å². The highest BCUT2D eigenvalue weighted by molar-refractivity contribution is 6.07. The molecule has 0 aromatic heterocycles. The highest BCUT2D eigenvalue weighted by atomic mass is 16.5. The molecule has 1 rings (SSSR count). The summed E-state index contributed by atoms with van der Waals surface area (Å²) in [7, 11) is 0. The predicted octanol–water partition coefficient (Wildman–Crippen LogP) is 1.76. The molecule has 0 aliphatic rings. The van der Waals surface area contributed by atoms with Crippen LogP contribution in [0.1, 0.15) is 17.3 Å². The summed E-state index contributed by atoms with van der Waals surface area (Å²) in [6.45, 7) is 5.83. The molecule has 80 valence electrons. The summed E-state index contributed by atoms with van der Waals surface area (Å²) in [5.41, 5.74) is 2.12. The van der Waals surface area contributed by atoms with Crippen LogP contribution in [0.3, 0.4) is 0 Å². The van der Waals surface area contributed by atoms with E-state index < -0.39 is 0 Å². The summed E-state index contributed by atoms with van der Waals surface area (Å²) >= 11 is 0. The van der Waals surface area contributed by atoms with Gasteiger partial charge in [-0.25, -0.2) is 0 Å². The van der Waals surface area contributed by atoms with E-state index in [1.807, 2.05) is 6.92 Å². The van der Waals surface area contributed by atoms with Gasteiger partial charge in [-0.15, -0.1) is 0 Å². The van der Waals surface area contributed by atoms with Gasteiger partial charge in [0.15, 0.2) is 0 Å². The van der Waals surface area contributed by atoms with Crippen LogP contribution in [-0.4, -0.2) is 17.6 Å². The zero-order valence-corrected chi connectivity index (χ0v) is 8.49. The Morgan fingerprint density at radius 3 is 2.53 bits per heavy atom. The molecule has 1 aromatic carbocycles. The second-order valence-corrected chi connectivity index (χ2v) is 2.88. The molecule has 0 aliphatic heterocycles. The van der Waals surface area contributed by atoms with Gasteiger partial charge in [-0.3, -0.25) is 15.5 Å². The normalized spacial score (nSPS) is 9.47. The minimum atomic E-state index is -0.347. The maximum Gasteiger partial charge on any atom is 0.210 e. The molecule has 4 nitrogen and oxygen atoms in total. The molecule has 1 aromatic rings. The fourth-order valence-electron chi connectivity index (χ4n) is 1.09. The second-order valence-electron chi connectivity index (χ2n) is 2.88. The second kappa shape index (κ2) is 5.17. The molecule has 0 bridgehead atoms. The van der Waals surface area contributed by atoms with Crippen molar-refractivity contribution in [2.24, 2.45) is 0 Å². The molecule has 2 N–H and O–H groups in total. The van der Waals surface area contributed by atoms with Crippen molar-refractivity contribution in [1.29, 1.82) is 0 Å². The Kier molecular flexibility index (Phi) is 3.88. The summed E-state index contributed by atoms with van der Waals surface area (Å²) in [5.74, 6) is 0.358. The van der Waals surface area contributed by atoms with Crippen molar-refractivity contribution in [2.75, 3.05) is 6.61 Å². The van der Waals surface area contributed by atoms with Gasteiger partial charge in [-0.1, -0.05) is 6.58 Å². The van der Waals surface area contributed by atoms with Crippen LogP contribution in [0.4, 0.5) is 0 Å². The number of nitrogens with one attached hydrogen (secondary N) is 1. The van der Waals surface area contributed by atoms with Crippen LogP contribution in [0.25, 0.3) is 0 Å². The predicted molar refractivity (Wildman–Crippen MR) is 56.0 cm³/mol. The average Bonchev–Trinajstić information content (AvgIpc) is 2.28. The molecule has 0 aliphatic carbocycles. The number of Topliss-reactive ketones (excluding diaryl/α,β-unsaturated/α-hetero) is 1. The van der Waals surface area contributed by atoms with E-state index in [1.165, 1.54) is 0 Å². The number of carbonyl (C=O) groups is 1. The number of allylic oxidation sites excluding steroid dienone is 1. The number of hydrogen-bond donors (Lipinski definition) is 2. The smallest absolute Gasteiger partial charge is 0.210 e. The number of rotatable bonds is 5. The van der Waals surface area contributed by atoms with Crippen LogP contribution in [0.5, 0.6) is 5.75 Å². The highest BCUT2D eigenvalue weighted by Crippen LogP contribution is 2.13. The van der Waals surface area contributed by atoms with Gasteiger partial charge in [-0.2, -0.15) is 0 Å². The molecule has 4 heteroatoms. The zero-order chi connectivity index (χ0) is 11.3. The van der Waals surface area contributed by atoms with E-state index in [4.69, 9.17) is 9.94 Å². The lowest BCUT2D eigenvalue weighted by Crippen LogP contribution is -2.15. The van der Waals surface area contributed by atoms with Crippen LogP contribution in [0.15, 0.2) is 36.5 Å². The summed E-state index contributed by atoms with van der Waals surface area (Å²) in [6.07, 6.45) is 0. The lowest BCUT2D eigenvalue weighted by Gasteiger charge is -2.05. The van der Waals surface area contributed by atoms with Crippen molar-refractivity contribution in [2.45, 2.75) is 6.92 Å². The fourth-order valence-corrected chi connectivity index (χ4v) is 1.09. The third-order valence-corrected chi connectivity index (χ3v) is 1.84. The van der Waals surface area contributed by atoms with Crippen LogP contribution < -0.4 is 10.2 Å². The molecular formula is C11H13NO3. The topological polar surface area (TPSA) is 58.6 Å². The van der Waals surface area contributed by atoms with E-state index in [0.717, 1.165) is 0 Å². The monoisotopic (exact) mass is 207 g/mol. The van der Waals surface area contributed by atoms with Gasteiger partial charge in [0.1, 0.15) is 11.4 Å². The quantitative estimate of drug-likeness (QED) is 0.439. The van der Waals surface area contributed by atoms with E-state index >= 15 is 0 Å². The summed E-state index contributed by atoms with van der Waals surface area (Å²) in [6, 6.07) is 6.63. The number of hydrogen-bond acceptors (Lipinski definition) is 4. The number of hydroxylamine groups is 1. The van der Waals surface area contributed by atoms with Crippen molar-refractivity contribution < 1.29 is 14.7 Å². The Balaban J connectivity index is 2.80. The number of ketones is 1. The highest BCUT2D eigenvalue weighted by Gasteiger charge is 2.08. The van der Waals surface area contributed by atoms with Crippen molar-refractivity contribution >= 4 is 5.78 Å². The van der Waals surface area contributed by atoms with E-state index in [0.29, 0.717) is 17.9 Å². The molecule has 0 saturated heterocycles. The Morgan fingerprint density at radius 1 is 1.47 bits per heavy atom. The largest absolute Gasteiger partial charge is 0.494 e. The molecule has 0 amide bonds. The first kappa shape index (κ1) is 11.3. The molecule has 0 saturated carbocycles. The van der Waals surface area contributed by atoms with E-state index in [9.17, 15) is 4.79 Å². The van der Waals surface area contributed by atoms with Gasteiger partial charge in [0, 0.05) is 5.56 Å². The van der Waals surface area contributed by atoms with Crippen LogP contribution in [-0.2, 0) is 0 Å². The maximum atomic E-state index is 11.5.